The Kier molecular flexibility index (Phi) is 5.10. The van der Waals surface area contributed by atoms with Gasteiger partial charge in [-0.05, 0) is 24.6 Å². The van der Waals surface area contributed by atoms with Crippen LogP contribution in [0, 0.1) is 18.7 Å². The standard InChI is InChI=1S/C17H22FN5O/c1-12-2-3-14(8-15(12)18)17(24)20-7-6-19-9-13-10-21-16-4-5-22-23(16)11-13/h2-5,8,13,19,21H,6-7,9-11H2,1H3,(H,20,24)/t13-/m1/s1. The topological polar surface area (TPSA) is 71.0 Å². The molecule has 24 heavy (non-hydrogen) atoms. The van der Waals surface area contributed by atoms with Crippen LogP contribution in [-0.4, -0.2) is 41.9 Å². The van der Waals surface area contributed by atoms with Crippen molar-refractivity contribution in [1.29, 1.82) is 0 Å². The summed E-state index contributed by atoms with van der Waals surface area (Å²) in [6, 6.07) is 6.49. The molecule has 3 rings (SSSR count). The number of anilines is 1. The van der Waals surface area contributed by atoms with Crippen molar-refractivity contribution >= 4 is 11.7 Å². The minimum atomic E-state index is -0.358. The first-order valence-electron chi connectivity index (χ1n) is 8.14. The van der Waals surface area contributed by atoms with Gasteiger partial charge in [-0.25, -0.2) is 9.07 Å². The quantitative estimate of drug-likeness (QED) is 0.700. The lowest BCUT2D eigenvalue weighted by Gasteiger charge is -2.25. The Morgan fingerprint density at radius 3 is 3.12 bits per heavy atom. The second-order valence-electron chi connectivity index (χ2n) is 6.07. The Morgan fingerprint density at radius 2 is 2.29 bits per heavy atom. The highest BCUT2D eigenvalue weighted by Crippen LogP contribution is 2.15. The first-order chi connectivity index (χ1) is 11.6. The molecule has 7 heteroatoms. The number of carbonyl (C=O) groups excluding carboxylic acids is 1. The van der Waals surface area contributed by atoms with Crippen molar-refractivity contribution in [1.82, 2.24) is 20.4 Å². The smallest absolute Gasteiger partial charge is 0.251 e. The molecule has 2 aromatic rings. The Labute approximate surface area is 140 Å². The van der Waals surface area contributed by atoms with Crippen molar-refractivity contribution in [2.75, 3.05) is 31.5 Å². The number of hydrogen-bond acceptors (Lipinski definition) is 4. The molecule has 128 valence electrons. The molecule has 1 amide bonds. The lowest BCUT2D eigenvalue weighted by atomic mass is 10.1. The van der Waals surface area contributed by atoms with Crippen molar-refractivity contribution in [2.45, 2.75) is 13.5 Å². The number of hydrogen-bond donors (Lipinski definition) is 3. The van der Waals surface area contributed by atoms with E-state index in [1.807, 2.05) is 10.7 Å². The summed E-state index contributed by atoms with van der Waals surface area (Å²) in [7, 11) is 0. The molecule has 0 saturated carbocycles. The normalized spacial score (nSPS) is 16.3. The van der Waals surface area contributed by atoms with E-state index in [1.54, 1.807) is 25.3 Å². The molecule has 1 aromatic carbocycles. The number of nitrogens with one attached hydrogen (secondary N) is 3. The maximum absolute atomic E-state index is 13.5. The molecular formula is C17H22FN5O. The molecule has 0 bridgehead atoms. The molecule has 2 heterocycles. The first-order valence-corrected chi connectivity index (χ1v) is 8.14. The van der Waals surface area contributed by atoms with Crippen molar-refractivity contribution in [3.05, 3.63) is 47.4 Å². The minimum absolute atomic E-state index is 0.254. The van der Waals surface area contributed by atoms with Crippen LogP contribution in [0.15, 0.2) is 30.5 Å². The molecule has 6 nitrogen and oxygen atoms in total. The van der Waals surface area contributed by atoms with Gasteiger partial charge in [-0.3, -0.25) is 4.79 Å². The van der Waals surface area contributed by atoms with Crippen LogP contribution in [0.5, 0.6) is 0 Å². The zero-order valence-corrected chi connectivity index (χ0v) is 13.7. The number of rotatable bonds is 6. The Balaban J connectivity index is 1.35. The number of carbonyl (C=O) groups is 1. The fourth-order valence-corrected chi connectivity index (χ4v) is 2.73. The molecule has 0 radical (unpaired) electrons. The zero-order chi connectivity index (χ0) is 16.9. The summed E-state index contributed by atoms with van der Waals surface area (Å²) in [5, 5.41) is 13.7. The molecule has 0 spiro atoms. The summed E-state index contributed by atoms with van der Waals surface area (Å²) in [6.45, 7) is 5.49. The van der Waals surface area contributed by atoms with Crippen LogP contribution in [0.1, 0.15) is 15.9 Å². The van der Waals surface area contributed by atoms with Crippen molar-refractivity contribution in [2.24, 2.45) is 5.92 Å². The highest BCUT2D eigenvalue weighted by Gasteiger charge is 2.17. The molecular weight excluding hydrogens is 309 g/mol. The maximum atomic E-state index is 13.5. The average molecular weight is 331 g/mol. The fraction of sp³-hybridized carbons (Fsp3) is 0.412. The van der Waals surface area contributed by atoms with E-state index in [4.69, 9.17) is 0 Å². The highest BCUT2D eigenvalue weighted by molar-refractivity contribution is 5.94. The van der Waals surface area contributed by atoms with Gasteiger partial charge in [0.25, 0.3) is 5.91 Å². The molecule has 0 fully saturated rings. The summed E-state index contributed by atoms with van der Waals surface area (Å²) in [6.07, 6.45) is 1.79. The van der Waals surface area contributed by atoms with Gasteiger partial charge >= 0.3 is 0 Å². The number of benzene rings is 1. The van der Waals surface area contributed by atoms with Crippen LogP contribution < -0.4 is 16.0 Å². The monoisotopic (exact) mass is 331 g/mol. The number of amides is 1. The summed E-state index contributed by atoms with van der Waals surface area (Å²) >= 11 is 0. The Bertz CT molecular complexity index is 715. The Hall–Kier alpha value is -2.41. The lowest BCUT2D eigenvalue weighted by Crippen LogP contribution is -2.38. The van der Waals surface area contributed by atoms with Crippen LogP contribution in [0.2, 0.25) is 0 Å². The maximum Gasteiger partial charge on any atom is 0.251 e. The molecule has 1 aromatic heterocycles. The molecule has 0 aliphatic carbocycles. The third kappa shape index (κ3) is 3.91. The van der Waals surface area contributed by atoms with E-state index in [9.17, 15) is 9.18 Å². The second-order valence-corrected chi connectivity index (χ2v) is 6.07. The van der Waals surface area contributed by atoms with Gasteiger partial charge in [0, 0.05) is 50.3 Å². The first kappa shape index (κ1) is 16.4. The van der Waals surface area contributed by atoms with Gasteiger partial charge in [-0.15, -0.1) is 0 Å². The van der Waals surface area contributed by atoms with E-state index < -0.39 is 0 Å². The predicted molar refractivity (Wildman–Crippen MR) is 90.5 cm³/mol. The second kappa shape index (κ2) is 7.44. The molecule has 1 aliphatic heterocycles. The zero-order valence-electron chi connectivity index (χ0n) is 13.7. The minimum Gasteiger partial charge on any atom is -0.370 e. The number of fused-ring (bicyclic) bond motifs is 1. The SMILES string of the molecule is Cc1ccc(C(=O)NCCNC[C@@H]2CNc3ccnn3C2)cc1F. The van der Waals surface area contributed by atoms with E-state index in [1.165, 1.54) is 6.07 Å². The van der Waals surface area contributed by atoms with Crippen LogP contribution in [0.4, 0.5) is 10.2 Å². The molecule has 1 aliphatic rings. The Morgan fingerprint density at radius 1 is 1.42 bits per heavy atom. The van der Waals surface area contributed by atoms with E-state index >= 15 is 0 Å². The number of halogens is 1. The van der Waals surface area contributed by atoms with Crippen LogP contribution in [0.3, 0.4) is 0 Å². The van der Waals surface area contributed by atoms with Gasteiger partial charge in [0.2, 0.25) is 0 Å². The molecule has 3 N–H and O–H groups in total. The van der Waals surface area contributed by atoms with Gasteiger partial charge in [-0.2, -0.15) is 5.10 Å². The molecule has 0 unspecified atom stereocenters. The average Bonchev–Trinajstić information content (AvgIpc) is 3.04. The summed E-state index contributed by atoms with van der Waals surface area (Å²) in [5.74, 6) is 0.905. The van der Waals surface area contributed by atoms with Gasteiger partial charge in [-0.1, -0.05) is 6.07 Å². The van der Waals surface area contributed by atoms with Gasteiger partial charge in [0.15, 0.2) is 0 Å². The van der Waals surface area contributed by atoms with Crippen LogP contribution in [-0.2, 0) is 6.54 Å². The number of aryl methyl sites for hydroxylation is 1. The van der Waals surface area contributed by atoms with E-state index in [0.717, 1.165) is 25.5 Å². The van der Waals surface area contributed by atoms with E-state index in [-0.39, 0.29) is 11.7 Å². The van der Waals surface area contributed by atoms with Crippen molar-refractivity contribution < 1.29 is 9.18 Å². The number of nitrogens with zero attached hydrogens (tertiary/aromatic N) is 2. The van der Waals surface area contributed by atoms with Gasteiger partial charge in [0.05, 0.1) is 6.20 Å². The van der Waals surface area contributed by atoms with Gasteiger partial charge < -0.3 is 16.0 Å². The van der Waals surface area contributed by atoms with Crippen LogP contribution >= 0.6 is 0 Å². The molecule has 1 atom stereocenters. The van der Waals surface area contributed by atoms with E-state index in [2.05, 4.69) is 21.0 Å². The highest BCUT2D eigenvalue weighted by atomic mass is 19.1. The lowest BCUT2D eigenvalue weighted by molar-refractivity contribution is 0.0953. The van der Waals surface area contributed by atoms with E-state index in [0.29, 0.717) is 30.1 Å². The molecule has 0 saturated heterocycles. The van der Waals surface area contributed by atoms with Crippen LogP contribution in [0.25, 0.3) is 0 Å². The third-order valence-electron chi connectivity index (χ3n) is 4.17. The van der Waals surface area contributed by atoms with Crippen molar-refractivity contribution in [3.63, 3.8) is 0 Å². The third-order valence-corrected chi connectivity index (χ3v) is 4.17. The largest absolute Gasteiger partial charge is 0.370 e. The predicted octanol–water partition coefficient (Wildman–Crippen LogP) is 1.39. The van der Waals surface area contributed by atoms with Gasteiger partial charge in [0.1, 0.15) is 11.6 Å². The summed E-state index contributed by atoms with van der Waals surface area (Å²) < 4.78 is 15.4. The number of aromatic nitrogens is 2. The summed E-state index contributed by atoms with van der Waals surface area (Å²) in [5.41, 5.74) is 0.885. The van der Waals surface area contributed by atoms with Crippen molar-refractivity contribution in [3.8, 4) is 0 Å². The summed E-state index contributed by atoms with van der Waals surface area (Å²) in [4.78, 5) is 12.0. The fourth-order valence-electron chi connectivity index (χ4n) is 2.73.